The van der Waals surface area contributed by atoms with Crippen LogP contribution < -0.4 is 10.4 Å². The first kappa shape index (κ1) is 38.3. The van der Waals surface area contributed by atoms with Gasteiger partial charge in [-0.05, 0) is 133 Å². The predicted octanol–water partition coefficient (Wildman–Crippen LogP) is 15.7. The first-order valence-corrected chi connectivity index (χ1v) is 24.3. The first-order valence-electron chi connectivity index (χ1n) is 24.3. The highest BCUT2D eigenvalue weighted by atomic mass is 16.3. The fraction of sp³-hybridized carbons (Fsp3) is 0.311. The molecule has 320 valence electrons. The van der Waals surface area contributed by atoms with Gasteiger partial charge >= 0.3 is 6.85 Å². The van der Waals surface area contributed by atoms with Gasteiger partial charge in [0.25, 0.3) is 0 Å². The van der Waals surface area contributed by atoms with E-state index in [1.165, 1.54) is 142 Å². The van der Waals surface area contributed by atoms with Crippen LogP contribution in [0.5, 0.6) is 0 Å². The monoisotopic (exact) mass is 844 g/mol. The molecule has 0 unspecified atom stereocenters. The molecule has 9 aromatic rings. The minimum absolute atomic E-state index is 0.0530. The third-order valence-electron chi connectivity index (χ3n) is 17.9. The second-order valence-corrected chi connectivity index (χ2v) is 23.7. The van der Waals surface area contributed by atoms with Crippen LogP contribution in [0.4, 0.5) is 11.4 Å². The van der Waals surface area contributed by atoms with Crippen molar-refractivity contribution in [1.82, 2.24) is 4.48 Å². The molecule has 14 rings (SSSR count). The van der Waals surface area contributed by atoms with Crippen molar-refractivity contribution in [3.05, 3.63) is 154 Å². The molecule has 4 heterocycles. The number of anilines is 2. The Morgan fingerprint density at radius 2 is 1.15 bits per heavy atom. The van der Waals surface area contributed by atoms with E-state index in [0.717, 1.165) is 11.2 Å². The van der Waals surface area contributed by atoms with Gasteiger partial charge in [0.05, 0.1) is 0 Å². The third-order valence-corrected chi connectivity index (χ3v) is 17.9. The average Bonchev–Trinajstić information content (AvgIpc) is 3.91. The summed E-state index contributed by atoms with van der Waals surface area (Å²) in [4.78, 5) is 2.72. The zero-order valence-electron chi connectivity index (χ0n) is 39.7. The molecule has 0 atom stereocenters. The third kappa shape index (κ3) is 4.64. The number of allylic oxidation sites excluding steroid dienone is 1. The van der Waals surface area contributed by atoms with Crippen LogP contribution in [0.2, 0.25) is 0 Å². The average molecular weight is 845 g/mol. The summed E-state index contributed by atoms with van der Waals surface area (Å²) in [5, 5.41) is 7.67. The summed E-state index contributed by atoms with van der Waals surface area (Å²) in [6.45, 7) is 24.8. The van der Waals surface area contributed by atoms with Crippen LogP contribution in [0.25, 0.3) is 71.3 Å². The van der Waals surface area contributed by atoms with Crippen molar-refractivity contribution in [2.75, 3.05) is 4.90 Å². The fourth-order valence-corrected chi connectivity index (χ4v) is 14.1. The number of aromatic nitrogens is 1. The maximum absolute atomic E-state index is 7.05. The highest BCUT2D eigenvalue weighted by Gasteiger charge is 2.55. The maximum atomic E-state index is 7.05. The smallest absolute Gasteiger partial charge is 0.329 e. The predicted molar refractivity (Wildman–Crippen MR) is 276 cm³/mol. The van der Waals surface area contributed by atoms with Crippen molar-refractivity contribution in [3.8, 4) is 11.1 Å². The summed E-state index contributed by atoms with van der Waals surface area (Å²) in [7, 11) is 0. The Hall–Kier alpha value is -6.00. The van der Waals surface area contributed by atoms with E-state index < -0.39 is 0 Å². The van der Waals surface area contributed by atoms with Crippen molar-refractivity contribution < 1.29 is 4.42 Å². The SMILES string of the molecule is CC1(C)CCC(C)(C)c2cc(N3C4=C(B5c6c3cc3oc7ccccc7c3c6-c3cccc6c7c8ccccc8ccc7n5c36)C(C)(C)c3cc5c(cc34)C(C)(C)CCC5(C)C)ccc21. The zero-order chi connectivity index (χ0) is 44.5. The van der Waals surface area contributed by atoms with Crippen LogP contribution in [0, 0.1) is 0 Å². The van der Waals surface area contributed by atoms with E-state index in [-0.39, 0.29) is 33.9 Å². The van der Waals surface area contributed by atoms with Gasteiger partial charge in [-0.15, -0.1) is 0 Å². The molecular formula is C61H57BN2O. The Kier molecular flexibility index (Phi) is 6.99. The molecular weight excluding hydrogens is 787 g/mol. The van der Waals surface area contributed by atoms with Crippen LogP contribution in [0.1, 0.15) is 128 Å². The lowest BCUT2D eigenvalue weighted by Gasteiger charge is -2.45. The highest BCUT2D eigenvalue weighted by molar-refractivity contribution is 6.86. The van der Waals surface area contributed by atoms with Crippen molar-refractivity contribution in [1.29, 1.82) is 0 Å². The van der Waals surface area contributed by atoms with Crippen molar-refractivity contribution in [3.63, 3.8) is 0 Å². The molecule has 3 nitrogen and oxygen atoms in total. The first-order chi connectivity index (χ1) is 31.0. The molecule has 0 N–H and O–H groups in total. The lowest BCUT2D eigenvalue weighted by Crippen LogP contribution is -2.52. The van der Waals surface area contributed by atoms with Gasteiger partial charge in [-0.1, -0.05) is 148 Å². The van der Waals surface area contributed by atoms with E-state index in [1.54, 1.807) is 0 Å². The van der Waals surface area contributed by atoms with Crippen molar-refractivity contribution in [2.24, 2.45) is 0 Å². The van der Waals surface area contributed by atoms with Gasteiger partial charge in [0.2, 0.25) is 0 Å². The molecule has 7 aromatic carbocycles. The molecule has 0 spiro atoms. The summed E-state index contributed by atoms with van der Waals surface area (Å²) in [5.74, 6) is 0. The minimum Gasteiger partial charge on any atom is -0.456 e. The second-order valence-electron chi connectivity index (χ2n) is 23.7. The molecule has 0 saturated heterocycles. The van der Waals surface area contributed by atoms with Gasteiger partial charge in [0, 0.05) is 72.3 Å². The quantitative estimate of drug-likeness (QED) is 0.154. The highest BCUT2D eigenvalue weighted by Crippen LogP contribution is 2.61. The van der Waals surface area contributed by atoms with E-state index in [2.05, 4.69) is 194 Å². The lowest BCUT2D eigenvalue weighted by atomic mass is 9.40. The summed E-state index contributed by atoms with van der Waals surface area (Å²) < 4.78 is 9.84. The van der Waals surface area contributed by atoms with E-state index in [9.17, 15) is 0 Å². The Bertz CT molecular complexity index is 3710. The fourth-order valence-electron chi connectivity index (χ4n) is 14.1. The van der Waals surface area contributed by atoms with Crippen LogP contribution in [-0.4, -0.2) is 11.3 Å². The van der Waals surface area contributed by atoms with Crippen LogP contribution in [0.3, 0.4) is 0 Å². The topological polar surface area (TPSA) is 21.3 Å². The zero-order valence-corrected chi connectivity index (χ0v) is 39.7. The number of nitrogens with zero attached hydrogens (tertiary/aromatic N) is 2. The molecule has 0 radical (unpaired) electrons. The summed E-state index contributed by atoms with van der Waals surface area (Å²) in [6.07, 6.45) is 4.73. The number of furan rings is 1. The second kappa shape index (κ2) is 11.9. The van der Waals surface area contributed by atoms with Crippen molar-refractivity contribution in [2.45, 2.75) is 122 Å². The molecule has 0 amide bonds. The van der Waals surface area contributed by atoms with Gasteiger partial charge < -0.3 is 13.8 Å². The van der Waals surface area contributed by atoms with Crippen molar-refractivity contribution >= 4 is 83.9 Å². The number of rotatable bonds is 1. The minimum atomic E-state index is -0.301. The largest absolute Gasteiger partial charge is 0.456 e. The van der Waals surface area contributed by atoms with E-state index >= 15 is 0 Å². The molecule has 2 aliphatic heterocycles. The van der Waals surface area contributed by atoms with Crippen LogP contribution in [0.15, 0.2) is 125 Å². The lowest BCUT2D eigenvalue weighted by molar-refractivity contribution is 0.331. The Labute approximate surface area is 383 Å². The molecule has 0 saturated carbocycles. The number of fused-ring (bicyclic) bond motifs is 16. The summed E-state index contributed by atoms with van der Waals surface area (Å²) in [6, 6.07) is 44.9. The molecule has 2 aromatic heterocycles. The number of hydrogen-bond acceptors (Lipinski definition) is 2. The number of hydrogen-bond donors (Lipinski definition) is 0. The molecule has 0 bridgehead atoms. The molecule has 5 aliphatic rings. The van der Waals surface area contributed by atoms with E-state index in [0.29, 0.717) is 0 Å². The van der Waals surface area contributed by atoms with Gasteiger partial charge in [0.1, 0.15) is 11.2 Å². The maximum Gasteiger partial charge on any atom is 0.329 e. The molecule has 3 aliphatic carbocycles. The standard InChI is InChI=1S/C61H57BN2O/c1-57(2)26-27-58(3,4)43-30-35(23-24-41(43)57)63-47-33-49-51(37-18-13-14-21-48(37)65-49)52-39-20-15-19-38-50-36-17-12-11-16-34(36)22-25-46(50)64(54(38)39)62(53(47)52)56-55(63)40-31-44-45(32-42(40)61(56,9)10)60(7,8)29-28-59(44,5)6/h11-25,30-33H,26-29H2,1-10H3. The molecule has 4 heteroatoms. The van der Waals surface area contributed by atoms with Gasteiger partial charge in [0.15, 0.2) is 0 Å². The number of benzene rings is 7. The summed E-state index contributed by atoms with van der Waals surface area (Å²) in [5.41, 5.74) is 22.7. The van der Waals surface area contributed by atoms with Gasteiger partial charge in [-0.25, -0.2) is 0 Å². The van der Waals surface area contributed by atoms with Crippen LogP contribution in [-0.2, 0) is 27.1 Å². The Morgan fingerprint density at radius 3 is 1.91 bits per heavy atom. The van der Waals surface area contributed by atoms with Crippen LogP contribution >= 0.6 is 0 Å². The normalized spacial score (nSPS) is 20.1. The number of para-hydroxylation sites is 2. The van der Waals surface area contributed by atoms with Gasteiger partial charge in [-0.2, -0.15) is 0 Å². The summed E-state index contributed by atoms with van der Waals surface area (Å²) >= 11 is 0. The van der Waals surface area contributed by atoms with E-state index in [1.807, 2.05) is 0 Å². The molecule has 0 fully saturated rings. The van der Waals surface area contributed by atoms with E-state index in [4.69, 9.17) is 4.42 Å². The Balaban J connectivity index is 1.20. The Morgan fingerprint density at radius 1 is 0.508 bits per heavy atom. The van der Waals surface area contributed by atoms with Gasteiger partial charge in [-0.3, -0.25) is 0 Å². The molecule has 65 heavy (non-hydrogen) atoms.